The Morgan fingerprint density at radius 1 is 0.806 bits per heavy atom. The molecule has 1 aliphatic rings. The van der Waals surface area contributed by atoms with Gasteiger partial charge in [0.15, 0.2) is 0 Å². The van der Waals surface area contributed by atoms with Crippen LogP contribution in [0.3, 0.4) is 0 Å². The van der Waals surface area contributed by atoms with Crippen LogP contribution in [-0.2, 0) is 38.4 Å². The summed E-state index contributed by atoms with van der Waals surface area (Å²) in [6.07, 6.45) is 8.43. The van der Waals surface area contributed by atoms with E-state index in [-0.39, 0.29) is 25.5 Å². The van der Waals surface area contributed by atoms with Gasteiger partial charge in [-0.3, -0.25) is 0 Å². The van der Waals surface area contributed by atoms with Crippen LogP contribution in [0.4, 0.5) is 0 Å². The standard InChI is InChI=1S/C21H22NO.C11H8N.Ir/c1-21(2,3)14-11-12-18(22-13-14)17-9-6-8-16-15-7-4-5-10-19(15)23-20(16)17;1-2-6-10(7-3-1)11-8-4-5-9-12-11;/h6,8,11-13H,4-5,7,10H2,1-3H3;1-6,8-9H;/q2*-1;. The average molecular weight is 651 g/mol. The summed E-state index contributed by atoms with van der Waals surface area (Å²) in [6, 6.07) is 28.5. The number of rotatable bonds is 2. The third-order valence-corrected chi connectivity index (χ3v) is 6.45. The number of hydrogen-bond acceptors (Lipinski definition) is 3. The molecule has 2 aromatic carbocycles. The predicted octanol–water partition coefficient (Wildman–Crippen LogP) is 8.02. The van der Waals surface area contributed by atoms with Gasteiger partial charge in [-0.05, 0) is 53.3 Å². The first-order valence-corrected chi connectivity index (χ1v) is 12.3. The van der Waals surface area contributed by atoms with Crippen molar-refractivity contribution in [2.24, 2.45) is 0 Å². The molecule has 0 saturated carbocycles. The summed E-state index contributed by atoms with van der Waals surface area (Å²) in [5.41, 5.74) is 7.64. The van der Waals surface area contributed by atoms with Gasteiger partial charge in [0.05, 0.1) is 11.3 Å². The fourth-order valence-electron chi connectivity index (χ4n) is 4.48. The summed E-state index contributed by atoms with van der Waals surface area (Å²) < 4.78 is 6.20. The summed E-state index contributed by atoms with van der Waals surface area (Å²) in [5.74, 6) is 1.17. The molecule has 36 heavy (non-hydrogen) atoms. The van der Waals surface area contributed by atoms with E-state index in [1.807, 2.05) is 54.7 Å². The Labute approximate surface area is 227 Å². The molecule has 0 fully saturated rings. The largest absolute Gasteiger partial charge is 0.505 e. The minimum absolute atomic E-state index is 0. The number of nitrogens with zero attached hydrogens (tertiary/aromatic N) is 2. The summed E-state index contributed by atoms with van der Waals surface area (Å²) in [5, 5.41) is 1.25. The molecule has 0 amide bonds. The van der Waals surface area contributed by atoms with Crippen molar-refractivity contribution < 1.29 is 24.5 Å². The van der Waals surface area contributed by atoms with Crippen LogP contribution in [-0.4, -0.2) is 9.97 Å². The van der Waals surface area contributed by atoms with E-state index in [0.29, 0.717) is 0 Å². The van der Waals surface area contributed by atoms with E-state index in [1.54, 1.807) is 6.20 Å². The van der Waals surface area contributed by atoms with Gasteiger partial charge in [-0.25, -0.2) is 0 Å². The summed E-state index contributed by atoms with van der Waals surface area (Å²) in [6.45, 7) is 6.62. The molecule has 0 unspecified atom stereocenters. The molecule has 185 valence electrons. The topological polar surface area (TPSA) is 38.9 Å². The van der Waals surface area contributed by atoms with Gasteiger partial charge in [0, 0.05) is 38.9 Å². The van der Waals surface area contributed by atoms with Gasteiger partial charge in [-0.2, -0.15) is 0 Å². The second kappa shape index (κ2) is 11.3. The second-order valence-corrected chi connectivity index (χ2v) is 9.98. The Bertz CT molecular complexity index is 1360. The first-order chi connectivity index (χ1) is 17.0. The Balaban J connectivity index is 0.000000198. The number of hydrogen-bond donors (Lipinski definition) is 0. The van der Waals surface area contributed by atoms with Crippen molar-refractivity contribution in [3.05, 3.63) is 108 Å². The smallest absolute Gasteiger partial charge is 0.0930 e. The third kappa shape index (κ3) is 5.67. The molecule has 1 radical (unpaired) electrons. The van der Waals surface area contributed by atoms with E-state index in [2.05, 4.69) is 61.1 Å². The van der Waals surface area contributed by atoms with Crippen LogP contribution < -0.4 is 0 Å². The van der Waals surface area contributed by atoms with E-state index < -0.39 is 0 Å². The van der Waals surface area contributed by atoms with Crippen molar-refractivity contribution in [2.75, 3.05) is 0 Å². The Hall–Kier alpha value is -3.07. The SMILES string of the molecule is CC(C)(C)c1ccc(-c2[c-]ccc3c4c(oc23)CCCC4)nc1.[Ir].[c-]1ccccc1-c1ccccn1. The monoisotopic (exact) mass is 651 g/mol. The Morgan fingerprint density at radius 2 is 1.64 bits per heavy atom. The zero-order valence-electron chi connectivity index (χ0n) is 21.0. The maximum Gasteiger partial charge on any atom is 0.0930 e. The number of aryl methyl sites for hydroxylation is 2. The van der Waals surface area contributed by atoms with Gasteiger partial charge in [0.1, 0.15) is 0 Å². The maximum absolute atomic E-state index is 6.20. The average Bonchev–Trinajstić information content (AvgIpc) is 3.29. The molecular formula is C32H30IrN2O-2. The van der Waals surface area contributed by atoms with Crippen LogP contribution in [0.2, 0.25) is 0 Å². The summed E-state index contributed by atoms with van der Waals surface area (Å²) in [4.78, 5) is 8.90. The summed E-state index contributed by atoms with van der Waals surface area (Å²) in [7, 11) is 0. The zero-order chi connectivity index (χ0) is 24.3. The molecule has 5 aromatic rings. The van der Waals surface area contributed by atoms with Crippen molar-refractivity contribution in [3.8, 4) is 22.5 Å². The van der Waals surface area contributed by atoms with Crippen LogP contribution in [0.15, 0.2) is 83.5 Å². The van der Waals surface area contributed by atoms with Crippen molar-refractivity contribution in [3.63, 3.8) is 0 Å². The number of benzene rings is 2. The van der Waals surface area contributed by atoms with E-state index in [1.165, 1.54) is 35.1 Å². The van der Waals surface area contributed by atoms with E-state index in [4.69, 9.17) is 4.42 Å². The second-order valence-electron chi connectivity index (χ2n) is 9.98. The number of aromatic nitrogens is 2. The molecule has 0 spiro atoms. The van der Waals surface area contributed by atoms with E-state index in [0.717, 1.165) is 40.9 Å². The van der Waals surface area contributed by atoms with E-state index >= 15 is 0 Å². The van der Waals surface area contributed by atoms with Crippen molar-refractivity contribution in [2.45, 2.75) is 51.9 Å². The maximum atomic E-state index is 6.20. The minimum atomic E-state index is 0. The first kappa shape index (κ1) is 26.0. The minimum Gasteiger partial charge on any atom is -0.505 e. The Kier molecular flexibility index (Phi) is 8.18. The number of pyridine rings is 2. The van der Waals surface area contributed by atoms with Crippen LogP contribution in [0.1, 0.15) is 50.5 Å². The van der Waals surface area contributed by atoms with Gasteiger partial charge in [0.2, 0.25) is 0 Å². The molecule has 0 N–H and O–H groups in total. The summed E-state index contributed by atoms with van der Waals surface area (Å²) >= 11 is 0. The number of furan rings is 1. The van der Waals surface area contributed by atoms with Crippen molar-refractivity contribution in [1.82, 2.24) is 9.97 Å². The molecule has 1 aliphatic carbocycles. The quantitative estimate of drug-likeness (QED) is 0.182. The fraction of sp³-hybridized carbons (Fsp3) is 0.250. The van der Waals surface area contributed by atoms with Crippen LogP contribution >= 0.6 is 0 Å². The van der Waals surface area contributed by atoms with Gasteiger partial charge in [0.25, 0.3) is 0 Å². The third-order valence-electron chi connectivity index (χ3n) is 6.45. The van der Waals surface area contributed by atoms with Crippen LogP contribution in [0, 0.1) is 12.1 Å². The molecule has 3 aromatic heterocycles. The van der Waals surface area contributed by atoms with Crippen molar-refractivity contribution >= 4 is 11.0 Å². The molecule has 3 nitrogen and oxygen atoms in total. The normalized spacial score (nSPS) is 12.8. The molecule has 4 heteroatoms. The first-order valence-electron chi connectivity index (χ1n) is 12.3. The zero-order valence-corrected chi connectivity index (χ0v) is 23.4. The van der Waals surface area contributed by atoms with Crippen LogP contribution in [0.25, 0.3) is 33.5 Å². The molecule has 0 saturated heterocycles. The van der Waals surface area contributed by atoms with Gasteiger partial charge in [-0.1, -0.05) is 56.0 Å². The molecule has 6 rings (SSSR count). The molecular weight excluding hydrogens is 621 g/mol. The van der Waals surface area contributed by atoms with Crippen molar-refractivity contribution in [1.29, 1.82) is 0 Å². The van der Waals surface area contributed by atoms with Gasteiger partial charge >= 0.3 is 0 Å². The Morgan fingerprint density at radius 3 is 2.33 bits per heavy atom. The number of fused-ring (bicyclic) bond motifs is 3. The molecule has 0 bridgehead atoms. The predicted molar refractivity (Wildman–Crippen MR) is 142 cm³/mol. The molecule has 3 heterocycles. The van der Waals surface area contributed by atoms with E-state index in [9.17, 15) is 0 Å². The fourth-order valence-corrected chi connectivity index (χ4v) is 4.48. The van der Waals surface area contributed by atoms with Gasteiger partial charge < -0.3 is 14.4 Å². The molecule has 0 atom stereocenters. The molecule has 0 aliphatic heterocycles. The van der Waals surface area contributed by atoms with Crippen LogP contribution in [0.5, 0.6) is 0 Å². The van der Waals surface area contributed by atoms with Gasteiger partial charge in [-0.15, -0.1) is 54.1 Å².